The summed E-state index contributed by atoms with van der Waals surface area (Å²) in [5.74, 6) is 2.76. The third-order valence-electron chi connectivity index (χ3n) is 7.43. The average molecular weight is 530 g/mol. The minimum absolute atomic E-state index is 0.0280. The number of benzene rings is 3. The van der Waals surface area contributed by atoms with E-state index in [2.05, 4.69) is 10.6 Å². The van der Waals surface area contributed by atoms with Crippen molar-refractivity contribution in [3.8, 4) is 23.0 Å². The van der Waals surface area contributed by atoms with Crippen molar-refractivity contribution in [2.75, 3.05) is 36.0 Å². The fourth-order valence-corrected chi connectivity index (χ4v) is 5.42. The molecule has 2 aliphatic heterocycles. The quantitative estimate of drug-likeness (QED) is 0.395. The Bertz CT molecular complexity index is 1390. The summed E-state index contributed by atoms with van der Waals surface area (Å²) in [6, 6.07) is 18.1. The predicted octanol–water partition coefficient (Wildman–Crippen LogP) is 5.91. The summed E-state index contributed by atoms with van der Waals surface area (Å²) in [5, 5.41) is 5.64. The van der Waals surface area contributed by atoms with Crippen molar-refractivity contribution in [1.29, 1.82) is 0 Å². The predicted molar refractivity (Wildman–Crippen MR) is 147 cm³/mol. The first-order valence-electron chi connectivity index (χ1n) is 13.3. The summed E-state index contributed by atoms with van der Waals surface area (Å²) in [6.45, 7) is 0.711. The van der Waals surface area contributed by atoms with Crippen molar-refractivity contribution in [3.05, 3.63) is 66.2 Å². The van der Waals surface area contributed by atoms with E-state index in [1.807, 2.05) is 36.4 Å². The SMILES string of the molecule is COc1ccc(C2CC(=O)N(c3cccc(NC(=O)Nc4ccc5c(c4)OCO5)c3)C2)cc1OC1CCCC1. The minimum atomic E-state index is -0.398. The largest absolute Gasteiger partial charge is 0.493 e. The van der Waals surface area contributed by atoms with Gasteiger partial charge in [-0.1, -0.05) is 12.1 Å². The van der Waals surface area contributed by atoms with Gasteiger partial charge in [0.1, 0.15) is 0 Å². The van der Waals surface area contributed by atoms with Gasteiger partial charge in [0.2, 0.25) is 12.7 Å². The van der Waals surface area contributed by atoms with E-state index in [-0.39, 0.29) is 24.7 Å². The van der Waals surface area contributed by atoms with Crippen LogP contribution in [0.2, 0.25) is 0 Å². The maximum absolute atomic E-state index is 13.1. The van der Waals surface area contributed by atoms with Gasteiger partial charge in [-0.25, -0.2) is 4.79 Å². The van der Waals surface area contributed by atoms with E-state index >= 15 is 0 Å². The Morgan fingerprint density at radius 1 is 0.923 bits per heavy atom. The lowest BCUT2D eigenvalue weighted by Crippen LogP contribution is -2.25. The standard InChI is InChI=1S/C30H31N3O6/c1-36-25-11-9-19(13-28(25)39-24-7-2-3-8-24)20-14-29(34)33(17-20)23-6-4-5-21(15-23)31-30(35)32-22-10-12-26-27(16-22)38-18-37-26/h4-6,9-13,15-16,20,24H,2-3,7-8,14,17-18H2,1H3,(H2,31,32,35). The fourth-order valence-electron chi connectivity index (χ4n) is 5.42. The lowest BCUT2D eigenvalue weighted by molar-refractivity contribution is -0.117. The Morgan fingerprint density at radius 3 is 2.54 bits per heavy atom. The molecule has 9 nitrogen and oxygen atoms in total. The van der Waals surface area contributed by atoms with Crippen molar-refractivity contribution < 1.29 is 28.5 Å². The molecule has 2 N–H and O–H groups in total. The molecule has 1 unspecified atom stereocenters. The molecular weight excluding hydrogens is 498 g/mol. The molecule has 0 bridgehead atoms. The van der Waals surface area contributed by atoms with Gasteiger partial charge in [0, 0.05) is 42.0 Å². The normalized spacial score (nSPS) is 18.3. The molecule has 1 saturated carbocycles. The van der Waals surface area contributed by atoms with Crippen LogP contribution in [0.4, 0.5) is 21.9 Å². The van der Waals surface area contributed by atoms with Gasteiger partial charge in [-0.2, -0.15) is 0 Å². The lowest BCUT2D eigenvalue weighted by Gasteiger charge is -2.20. The lowest BCUT2D eigenvalue weighted by atomic mass is 9.98. The Hall–Kier alpha value is -4.40. The Balaban J connectivity index is 1.12. The van der Waals surface area contributed by atoms with Gasteiger partial charge in [0.05, 0.1) is 13.2 Å². The highest BCUT2D eigenvalue weighted by Gasteiger charge is 2.32. The second-order valence-corrected chi connectivity index (χ2v) is 10.0. The zero-order valence-corrected chi connectivity index (χ0v) is 21.8. The molecule has 6 rings (SSSR count). The molecule has 3 amide bonds. The molecule has 1 aliphatic carbocycles. The zero-order valence-electron chi connectivity index (χ0n) is 21.8. The molecule has 202 valence electrons. The molecule has 2 heterocycles. The van der Waals surface area contributed by atoms with Crippen LogP contribution < -0.4 is 34.5 Å². The number of anilines is 3. The van der Waals surface area contributed by atoms with Crippen molar-refractivity contribution in [1.82, 2.24) is 0 Å². The molecule has 3 aromatic carbocycles. The number of hydrogen-bond acceptors (Lipinski definition) is 6. The number of nitrogens with zero attached hydrogens (tertiary/aromatic N) is 1. The summed E-state index contributed by atoms with van der Waals surface area (Å²) >= 11 is 0. The van der Waals surface area contributed by atoms with Gasteiger partial charge in [-0.3, -0.25) is 4.79 Å². The first kappa shape index (κ1) is 24.9. The molecule has 0 aromatic heterocycles. The summed E-state index contributed by atoms with van der Waals surface area (Å²) in [4.78, 5) is 27.5. The molecule has 3 aromatic rings. The molecule has 0 spiro atoms. The number of carbonyl (C=O) groups is 2. The van der Waals surface area contributed by atoms with Crippen LogP contribution in [0.1, 0.15) is 43.6 Å². The van der Waals surface area contributed by atoms with Crippen molar-refractivity contribution in [2.45, 2.75) is 44.1 Å². The Labute approximate surface area is 227 Å². The van der Waals surface area contributed by atoms with Gasteiger partial charge in [0.15, 0.2) is 23.0 Å². The van der Waals surface area contributed by atoms with Crippen LogP contribution in [-0.4, -0.2) is 38.5 Å². The van der Waals surface area contributed by atoms with Crippen LogP contribution in [0.25, 0.3) is 0 Å². The number of urea groups is 1. The van der Waals surface area contributed by atoms with Crippen LogP contribution in [-0.2, 0) is 4.79 Å². The monoisotopic (exact) mass is 529 g/mol. The highest BCUT2D eigenvalue weighted by atomic mass is 16.7. The van der Waals surface area contributed by atoms with Crippen molar-refractivity contribution in [2.24, 2.45) is 0 Å². The number of hydrogen-bond donors (Lipinski definition) is 2. The maximum Gasteiger partial charge on any atom is 0.323 e. The topological polar surface area (TPSA) is 98.4 Å². The molecule has 39 heavy (non-hydrogen) atoms. The smallest absolute Gasteiger partial charge is 0.323 e. The second kappa shape index (κ2) is 10.8. The zero-order chi connectivity index (χ0) is 26.8. The van der Waals surface area contributed by atoms with Crippen molar-refractivity contribution in [3.63, 3.8) is 0 Å². The molecule has 1 saturated heterocycles. The Morgan fingerprint density at radius 2 is 1.72 bits per heavy atom. The highest BCUT2D eigenvalue weighted by molar-refractivity contribution is 6.01. The van der Waals surface area contributed by atoms with E-state index in [4.69, 9.17) is 18.9 Å². The molecule has 3 aliphatic rings. The fraction of sp³-hybridized carbons (Fsp3) is 0.333. The first-order chi connectivity index (χ1) is 19.1. The van der Waals surface area contributed by atoms with E-state index in [9.17, 15) is 9.59 Å². The first-order valence-corrected chi connectivity index (χ1v) is 13.3. The number of methoxy groups -OCH3 is 1. The van der Waals surface area contributed by atoms with E-state index in [1.165, 1.54) is 12.8 Å². The van der Waals surface area contributed by atoms with Crippen LogP contribution in [0, 0.1) is 0 Å². The highest BCUT2D eigenvalue weighted by Crippen LogP contribution is 2.38. The van der Waals surface area contributed by atoms with E-state index in [0.717, 1.165) is 29.8 Å². The maximum atomic E-state index is 13.1. The number of carbonyl (C=O) groups excluding carboxylic acids is 2. The van der Waals surface area contributed by atoms with Crippen LogP contribution in [0.15, 0.2) is 60.7 Å². The summed E-state index contributed by atoms with van der Waals surface area (Å²) < 4.78 is 22.5. The number of rotatable bonds is 7. The number of fused-ring (bicyclic) bond motifs is 1. The third-order valence-corrected chi connectivity index (χ3v) is 7.43. The van der Waals surface area contributed by atoms with Gasteiger partial charge >= 0.3 is 6.03 Å². The van der Waals surface area contributed by atoms with Gasteiger partial charge in [0.25, 0.3) is 0 Å². The molecule has 1 atom stereocenters. The molecule has 0 radical (unpaired) electrons. The van der Waals surface area contributed by atoms with Gasteiger partial charge < -0.3 is 34.5 Å². The van der Waals surface area contributed by atoms with Gasteiger partial charge in [-0.05, 0) is 73.7 Å². The van der Waals surface area contributed by atoms with E-state index in [0.29, 0.717) is 41.6 Å². The van der Waals surface area contributed by atoms with Crippen molar-refractivity contribution >= 4 is 29.0 Å². The third kappa shape index (κ3) is 5.43. The summed E-state index contributed by atoms with van der Waals surface area (Å²) in [5.41, 5.74) is 2.95. The van der Waals surface area contributed by atoms with E-state index in [1.54, 1.807) is 36.3 Å². The number of amides is 3. The Kier molecular flexibility index (Phi) is 6.87. The van der Waals surface area contributed by atoms with E-state index < -0.39 is 6.03 Å². The average Bonchev–Trinajstić information content (AvgIpc) is 3.70. The van der Waals surface area contributed by atoms with Crippen LogP contribution >= 0.6 is 0 Å². The molecule has 9 heteroatoms. The summed E-state index contributed by atoms with van der Waals surface area (Å²) in [7, 11) is 1.65. The van der Waals surface area contributed by atoms with Gasteiger partial charge in [-0.15, -0.1) is 0 Å². The minimum Gasteiger partial charge on any atom is -0.493 e. The number of ether oxygens (including phenoxy) is 4. The molecule has 2 fully saturated rings. The summed E-state index contributed by atoms with van der Waals surface area (Å²) in [6.07, 6.45) is 5.11. The van der Waals surface area contributed by atoms with Crippen LogP contribution in [0.3, 0.4) is 0 Å². The number of nitrogens with one attached hydrogen (secondary N) is 2. The second-order valence-electron chi connectivity index (χ2n) is 10.0. The van der Waals surface area contributed by atoms with Crippen LogP contribution in [0.5, 0.6) is 23.0 Å². The molecular formula is C30H31N3O6.